The lowest BCUT2D eigenvalue weighted by Crippen LogP contribution is -1.93. The molecule has 0 unspecified atom stereocenters. The summed E-state index contributed by atoms with van der Waals surface area (Å²) in [4.78, 5) is 4.31. The van der Waals surface area contributed by atoms with Crippen LogP contribution in [0.2, 0.25) is 5.02 Å². The molecule has 1 aromatic heterocycles. The number of aryl methyl sites for hydroxylation is 3. The van der Waals surface area contributed by atoms with Gasteiger partial charge in [0.05, 0.1) is 18.2 Å². The van der Waals surface area contributed by atoms with Gasteiger partial charge in [0, 0.05) is 11.4 Å². The Morgan fingerprint density at radius 1 is 1.33 bits per heavy atom. The number of hydrogen-bond donors (Lipinski definition) is 0. The lowest BCUT2D eigenvalue weighted by atomic mass is 10.1. The molecule has 0 radical (unpaired) electrons. The van der Waals surface area contributed by atoms with Gasteiger partial charge in [-0.3, -0.25) is 0 Å². The van der Waals surface area contributed by atoms with Crippen molar-refractivity contribution in [2.45, 2.75) is 26.2 Å². The van der Waals surface area contributed by atoms with E-state index in [9.17, 15) is 0 Å². The van der Waals surface area contributed by atoms with Crippen LogP contribution in [0.25, 0.3) is 0 Å². The van der Waals surface area contributed by atoms with E-state index < -0.39 is 0 Å². The number of oxazole rings is 1. The Labute approximate surface area is 111 Å². The van der Waals surface area contributed by atoms with Crippen LogP contribution >= 0.6 is 11.6 Å². The molecule has 2 aromatic rings. The topological polar surface area (TPSA) is 49.8 Å². The van der Waals surface area contributed by atoms with Gasteiger partial charge in [-0.15, -0.1) is 0 Å². The Morgan fingerprint density at radius 3 is 2.83 bits per heavy atom. The van der Waals surface area contributed by atoms with Crippen molar-refractivity contribution < 1.29 is 4.42 Å². The molecule has 4 heteroatoms. The van der Waals surface area contributed by atoms with Crippen LogP contribution in [-0.2, 0) is 19.3 Å². The van der Waals surface area contributed by atoms with Gasteiger partial charge in [-0.05, 0) is 25.0 Å². The molecule has 0 fully saturated rings. The average Bonchev–Trinajstić information content (AvgIpc) is 2.70. The van der Waals surface area contributed by atoms with Crippen LogP contribution in [0.1, 0.15) is 22.9 Å². The van der Waals surface area contributed by atoms with Crippen LogP contribution in [0.4, 0.5) is 0 Å². The molecule has 0 bridgehead atoms. The van der Waals surface area contributed by atoms with Gasteiger partial charge < -0.3 is 4.42 Å². The SMILES string of the molecule is Cc1oc(CCc2ccccc2Cl)nc1CC#N. The van der Waals surface area contributed by atoms with Gasteiger partial charge in [-0.2, -0.15) is 5.26 Å². The molecule has 0 spiro atoms. The number of nitrogens with zero attached hydrogens (tertiary/aromatic N) is 2. The molecule has 0 N–H and O–H groups in total. The minimum Gasteiger partial charge on any atom is -0.446 e. The van der Waals surface area contributed by atoms with Crippen LogP contribution in [0.5, 0.6) is 0 Å². The molecule has 92 valence electrons. The maximum absolute atomic E-state index is 8.65. The third kappa shape index (κ3) is 2.91. The Kier molecular flexibility index (Phi) is 4.01. The molecule has 0 saturated carbocycles. The summed E-state index contributed by atoms with van der Waals surface area (Å²) in [6.45, 7) is 1.83. The minimum atomic E-state index is 0.293. The molecule has 18 heavy (non-hydrogen) atoms. The summed E-state index contributed by atoms with van der Waals surface area (Å²) in [5.41, 5.74) is 1.81. The molecule has 1 heterocycles. The third-order valence-corrected chi connectivity index (χ3v) is 3.12. The smallest absolute Gasteiger partial charge is 0.194 e. The molecule has 0 saturated heterocycles. The first-order valence-corrected chi connectivity index (χ1v) is 6.14. The van der Waals surface area contributed by atoms with E-state index in [1.165, 1.54) is 0 Å². The van der Waals surface area contributed by atoms with E-state index in [-0.39, 0.29) is 0 Å². The largest absolute Gasteiger partial charge is 0.446 e. The third-order valence-electron chi connectivity index (χ3n) is 2.75. The molecule has 3 nitrogen and oxygen atoms in total. The van der Waals surface area contributed by atoms with Crippen LogP contribution in [0.3, 0.4) is 0 Å². The van der Waals surface area contributed by atoms with Crippen LogP contribution < -0.4 is 0 Å². The summed E-state index contributed by atoms with van der Waals surface area (Å²) in [5, 5.41) is 9.41. The highest BCUT2D eigenvalue weighted by Crippen LogP contribution is 2.18. The second kappa shape index (κ2) is 5.70. The summed E-state index contributed by atoms with van der Waals surface area (Å²) in [6, 6.07) is 9.82. The number of aromatic nitrogens is 1. The van der Waals surface area contributed by atoms with Crippen molar-refractivity contribution in [1.29, 1.82) is 5.26 Å². The predicted octanol–water partition coefficient (Wildman–Crippen LogP) is 3.49. The van der Waals surface area contributed by atoms with Crippen molar-refractivity contribution in [3.8, 4) is 6.07 Å². The molecule has 0 aliphatic rings. The monoisotopic (exact) mass is 260 g/mol. The van der Waals surface area contributed by atoms with Gasteiger partial charge in [0.25, 0.3) is 0 Å². The van der Waals surface area contributed by atoms with Crippen LogP contribution in [0.15, 0.2) is 28.7 Å². The Morgan fingerprint density at radius 2 is 2.11 bits per heavy atom. The summed E-state index contributed by atoms with van der Waals surface area (Å²) in [7, 11) is 0. The zero-order valence-corrected chi connectivity index (χ0v) is 10.9. The fraction of sp³-hybridized carbons (Fsp3) is 0.286. The van der Waals surface area contributed by atoms with Crippen molar-refractivity contribution in [2.24, 2.45) is 0 Å². The Balaban J connectivity index is 2.05. The van der Waals surface area contributed by atoms with Gasteiger partial charge in [0.2, 0.25) is 0 Å². The Bertz CT molecular complexity index is 584. The molecule has 0 atom stereocenters. The molecule has 2 rings (SSSR count). The quantitative estimate of drug-likeness (QED) is 0.846. The molecule has 0 aliphatic carbocycles. The number of nitriles is 1. The van der Waals surface area contributed by atoms with Crippen molar-refractivity contribution in [2.75, 3.05) is 0 Å². The average molecular weight is 261 g/mol. The summed E-state index contributed by atoms with van der Waals surface area (Å²) in [5.74, 6) is 1.39. The fourth-order valence-corrected chi connectivity index (χ4v) is 2.01. The van der Waals surface area contributed by atoms with Crippen molar-refractivity contribution >= 4 is 11.6 Å². The van der Waals surface area contributed by atoms with Gasteiger partial charge in [-0.25, -0.2) is 4.98 Å². The first-order chi connectivity index (χ1) is 8.70. The zero-order chi connectivity index (χ0) is 13.0. The number of halogens is 1. The molecular weight excluding hydrogens is 248 g/mol. The van der Waals surface area contributed by atoms with Gasteiger partial charge >= 0.3 is 0 Å². The van der Waals surface area contributed by atoms with E-state index in [0.717, 1.165) is 28.5 Å². The second-order valence-electron chi connectivity index (χ2n) is 4.04. The van der Waals surface area contributed by atoms with Crippen molar-refractivity contribution in [1.82, 2.24) is 4.98 Å². The van der Waals surface area contributed by atoms with E-state index in [2.05, 4.69) is 11.1 Å². The first kappa shape index (κ1) is 12.7. The summed E-state index contributed by atoms with van der Waals surface area (Å²) in [6.07, 6.45) is 1.77. The van der Waals surface area contributed by atoms with Crippen LogP contribution in [0, 0.1) is 18.3 Å². The maximum Gasteiger partial charge on any atom is 0.194 e. The standard InChI is InChI=1S/C14H13ClN2O/c1-10-13(8-9-16)17-14(18-10)7-6-11-4-2-3-5-12(11)15/h2-5H,6-8H2,1H3. The van der Waals surface area contributed by atoms with Crippen molar-refractivity contribution in [3.63, 3.8) is 0 Å². The fourth-order valence-electron chi connectivity index (χ4n) is 1.78. The second-order valence-corrected chi connectivity index (χ2v) is 4.44. The molecule has 1 aromatic carbocycles. The lowest BCUT2D eigenvalue weighted by molar-refractivity contribution is 0.469. The van der Waals surface area contributed by atoms with Gasteiger partial charge in [0.15, 0.2) is 5.89 Å². The van der Waals surface area contributed by atoms with E-state index in [1.807, 2.05) is 31.2 Å². The highest BCUT2D eigenvalue weighted by atomic mass is 35.5. The van der Waals surface area contributed by atoms with E-state index >= 15 is 0 Å². The maximum atomic E-state index is 8.65. The highest BCUT2D eigenvalue weighted by Gasteiger charge is 2.09. The molecule has 0 amide bonds. The van der Waals surface area contributed by atoms with E-state index in [0.29, 0.717) is 18.7 Å². The van der Waals surface area contributed by atoms with Crippen molar-refractivity contribution in [3.05, 3.63) is 52.2 Å². The highest BCUT2D eigenvalue weighted by molar-refractivity contribution is 6.31. The summed E-state index contributed by atoms with van der Waals surface area (Å²) >= 11 is 6.08. The number of benzene rings is 1. The van der Waals surface area contributed by atoms with E-state index in [1.54, 1.807) is 0 Å². The molecular formula is C14H13ClN2O. The minimum absolute atomic E-state index is 0.293. The first-order valence-electron chi connectivity index (χ1n) is 5.76. The lowest BCUT2D eigenvalue weighted by Gasteiger charge is -2.01. The number of rotatable bonds is 4. The predicted molar refractivity (Wildman–Crippen MR) is 69.4 cm³/mol. The van der Waals surface area contributed by atoms with Crippen LogP contribution in [-0.4, -0.2) is 4.98 Å². The zero-order valence-electron chi connectivity index (χ0n) is 10.1. The summed E-state index contributed by atoms with van der Waals surface area (Å²) < 4.78 is 5.52. The normalized spacial score (nSPS) is 10.3. The number of hydrogen-bond acceptors (Lipinski definition) is 3. The Hall–Kier alpha value is -1.79. The van der Waals surface area contributed by atoms with Gasteiger partial charge in [0.1, 0.15) is 5.76 Å². The van der Waals surface area contributed by atoms with Gasteiger partial charge in [-0.1, -0.05) is 29.8 Å². The van der Waals surface area contributed by atoms with E-state index in [4.69, 9.17) is 21.3 Å². The molecule has 0 aliphatic heterocycles.